The van der Waals surface area contributed by atoms with E-state index in [1.807, 2.05) is 25.1 Å². The molecule has 0 saturated heterocycles. The predicted molar refractivity (Wildman–Crippen MR) is 81.4 cm³/mol. The van der Waals surface area contributed by atoms with Crippen LogP contribution >= 0.6 is 15.9 Å². The molecular formula is C14H11BrFN5. The van der Waals surface area contributed by atoms with E-state index < -0.39 is 5.82 Å². The first-order valence-corrected chi connectivity index (χ1v) is 6.96. The standard InChI is InChI=1S/C14H11BrFN5/c1-8-6-10(15)3-5-13(8)21-14(18-19-20-21)9-2-4-12(17)11(16)7-9/h2-7H,17H2,1H3. The summed E-state index contributed by atoms with van der Waals surface area (Å²) in [5, 5.41) is 11.7. The Balaban J connectivity index is 2.14. The van der Waals surface area contributed by atoms with Crippen LogP contribution in [0.15, 0.2) is 40.9 Å². The van der Waals surface area contributed by atoms with Gasteiger partial charge in [0.15, 0.2) is 5.82 Å². The molecule has 0 amide bonds. The first kappa shape index (κ1) is 13.7. The van der Waals surface area contributed by atoms with Crippen molar-refractivity contribution in [1.82, 2.24) is 20.2 Å². The van der Waals surface area contributed by atoms with Crippen molar-refractivity contribution in [3.63, 3.8) is 0 Å². The van der Waals surface area contributed by atoms with Crippen molar-refractivity contribution in [2.45, 2.75) is 6.92 Å². The number of tetrazole rings is 1. The lowest BCUT2D eigenvalue weighted by molar-refractivity contribution is 0.632. The number of rotatable bonds is 2. The number of hydrogen-bond donors (Lipinski definition) is 1. The molecule has 1 aromatic heterocycles. The van der Waals surface area contributed by atoms with Gasteiger partial charge in [0, 0.05) is 10.0 Å². The molecule has 21 heavy (non-hydrogen) atoms. The normalized spacial score (nSPS) is 10.8. The van der Waals surface area contributed by atoms with Gasteiger partial charge in [-0.3, -0.25) is 0 Å². The van der Waals surface area contributed by atoms with Crippen molar-refractivity contribution in [3.8, 4) is 17.1 Å². The van der Waals surface area contributed by atoms with Crippen molar-refractivity contribution in [2.75, 3.05) is 5.73 Å². The molecule has 2 aromatic carbocycles. The molecule has 0 aliphatic rings. The molecule has 7 heteroatoms. The molecule has 3 aromatic rings. The molecule has 2 N–H and O–H groups in total. The minimum Gasteiger partial charge on any atom is -0.396 e. The third-order valence-corrected chi connectivity index (χ3v) is 3.61. The average molecular weight is 348 g/mol. The molecule has 0 aliphatic heterocycles. The van der Waals surface area contributed by atoms with E-state index in [9.17, 15) is 4.39 Å². The van der Waals surface area contributed by atoms with Crippen molar-refractivity contribution < 1.29 is 4.39 Å². The van der Waals surface area contributed by atoms with Crippen molar-refractivity contribution in [2.24, 2.45) is 0 Å². The summed E-state index contributed by atoms with van der Waals surface area (Å²) < 4.78 is 16.2. The Morgan fingerprint density at radius 1 is 1.19 bits per heavy atom. The largest absolute Gasteiger partial charge is 0.396 e. The smallest absolute Gasteiger partial charge is 0.187 e. The summed E-state index contributed by atoms with van der Waals surface area (Å²) in [6.07, 6.45) is 0. The molecule has 0 aliphatic carbocycles. The van der Waals surface area contributed by atoms with Crippen LogP contribution in [0.2, 0.25) is 0 Å². The Labute approximate surface area is 128 Å². The monoisotopic (exact) mass is 347 g/mol. The molecule has 0 atom stereocenters. The van der Waals surface area contributed by atoms with Gasteiger partial charge in [-0.15, -0.1) is 5.10 Å². The van der Waals surface area contributed by atoms with Crippen LogP contribution in [0.3, 0.4) is 0 Å². The summed E-state index contributed by atoms with van der Waals surface area (Å²) in [6.45, 7) is 1.95. The topological polar surface area (TPSA) is 69.6 Å². The Morgan fingerprint density at radius 3 is 2.71 bits per heavy atom. The highest BCUT2D eigenvalue weighted by atomic mass is 79.9. The minimum atomic E-state index is -0.491. The van der Waals surface area contributed by atoms with Crippen LogP contribution in [0, 0.1) is 12.7 Å². The van der Waals surface area contributed by atoms with Gasteiger partial charge in [0.2, 0.25) is 0 Å². The van der Waals surface area contributed by atoms with Crippen LogP contribution in [-0.4, -0.2) is 20.2 Å². The number of aromatic nitrogens is 4. The van der Waals surface area contributed by atoms with Crippen LogP contribution < -0.4 is 5.73 Å². The minimum absolute atomic E-state index is 0.0950. The van der Waals surface area contributed by atoms with Gasteiger partial charge in [-0.05, 0) is 59.3 Å². The molecule has 0 bridgehead atoms. The number of aryl methyl sites for hydroxylation is 1. The Bertz CT molecular complexity index is 815. The second-order valence-electron chi connectivity index (χ2n) is 4.58. The third kappa shape index (κ3) is 2.52. The number of halogens is 2. The van der Waals surface area contributed by atoms with Gasteiger partial charge in [-0.25, -0.2) is 4.39 Å². The van der Waals surface area contributed by atoms with Crippen LogP contribution in [0.5, 0.6) is 0 Å². The maximum Gasteiger partial charge on any atom is 0.187 e. The average Bonchev–Trinajstić information content (AvgIpc) is 2.91. The predicted octanol–water partition coefficient (Wildman–Crippen LogP) is 3.12. The highest BCUT2D eigenvalue weighted by Gasteiger charge is 2.14. The SMILES string of the molecule is Cc1cc(Br)ccc1-n1nnnc1-c1ccc(N)c(F)c1. The van der Waals surface area contributed by atoms with Crippen LogP contribution in [0.1, 0.15) is 5.56 Å². The molecule has 106 valence electrons. The summed E-state index contributed by atoms with van der Waals surface area (Å²) in [7, 11) is 0. The zero-order valence-corrected chi connectivity index (χ0v) is 12.7. The lowest BCUT2D eigenvalue weighted by Crippen LogP contribution is -2.02. The van der Waals surface area contributed by atoms with Gasteiger partial charge in [0.05, 0.1) is 11.4 Å². The summed E-state index contributed by atoms with van der Waals surface area (Å²) in [5.41, 5.74) is 7.98. The Kier molecular flexibility index (Phi) is 3.42. The highest BCUT2D eigenvalue weighted by Crippen LogP contribution is 2.25. The summed E-state index contributed by atoms with van der Waals surface area (Å²) in [4.78, 5) is 0. The summed E-state index contributed by atoms with van der Waals surface area (Å²) in [5.74, 6) is -0.0334. The van der Waals surface area contributed by atoms with E-state index in [1.165, 1.54) is 12.1 Å². The molecule has 3 rings (SSSR count). The number of benzene rings is 2. The van der Waals surface area contributed by atoms with E-state index in [0.717, 1.165) is 15.7 Å². The third-order valence-electron chi connectivity index (χ3n) is 3.12. The zero-order chi connectivity index (χ0) is 15.0. The molecule has 0 spiro atoms. The molecule has 5 nitrogen and oxygen atoms in total. The number of nitrogens with two attached hydrogens (primary N) is 1. The summed E-state index contributed by atoms with van der Waals surface area (Å²) in [6, 6.07) is 10.3. The number of anilines is 1. The van der Waals surface area contributed by atoms with Crippen LogP contribution in [0.4, 0.5) is 10.1 Å². The molecule has 0 saturated carbocycles. The highest BCUT2D eigenvalue weighted by molar-refractivity contribution is 9.10. The molecule has 0 fully saturated rings. The molecular weight excluding hydrogens is 337 g/mol. The van der Waals surface area contributed by atoms with E-state index in [-0.39, 0.29) is 5.69 Å². The van der Waals surface area contributed by atoms with Gasteiger partial charge in [-0.1, -0.05) is 15.9 Å². The number of nitrogen functional groups attached to an aromatic ring is 1. The van der Waals surface area contributed by atoms with E-state index in [4.69, 9.17) is 5.73 Å². The number of hydrogen-bond acceptors (Lipinski definition) is 4. The van der Waals surface area contributed by atoms with E-state index in [1.54, 1.807) is 10.7 Å². The maximum absolute atomic E-state index is 13.6. The van der Waals surface area contributed by atoms with Gasteiger partial charge in [-0.2, -0.15) is 4.68 Å². The van der Waals surface area contributed by atoms with Crippen molar-refractivity contribution >= 4 is 21.6 Å². The molecule has 0 unspecified atom stereocenters. The fourth-order valence-corrected chi connectivity index (χ4v) is 2.53. The van der Waals surface area contributed by atoms with E-state index in [2.05, 4.69) is 31.5 Å². The maximum atomic E-state index is 13.6. The lowest BCUT2D eigenvalue weighted by Gasteiger charge is -2.08. The van der Waals surface area contributed by atoms with E-state index >= 15 is 0 Å². The van der Waals surface area contributed by atoms with Crippen LogP contribution in [0.25, 0.3) is 17.1 Å². The summed E-state index contributed by atoms with van der Waals surface area (Å²) >= 11 is 3.42. The first-order chi connectivity index (χ1) is 10.1. The van der Waals surface area contributed by atoms with Crippen molar-refractivity contribution in [3.05, 3.63) is 52.3 Å². The lowest BCUT2D eigenvalue weighted by atomic mass is 10.1. The Morgan fingerprint density at radius 2 is 2.00 bits per heavy atom. The second-order valence-corrected chi connectivity index (χ2v) is 5.50. The van der Waals surface area contributed by atoms with E-state index in [0.29, 0.717) is 11.4 Å². The zero-order valence-electron chi connectivity index (χ0n) is 11.1. The van der Waals surface area contributed by atoms with Gasteiger partial charge in [0.25, 0.3) is 0 Å². The van der Waals surface area contributed by atoms with Gasteiger partial charge >= 0.3 is 0 Å². The quantitative estimate of drug-likeness (QED) is 0.723. The first-order valence-electron chi connectivity index (χ1n) is 6.16. The Hall–Kier alpha value is -2.28. The molecule has 1 heterocycles. The fraction of sp³-hybridized carbons (Fsp3) is 0.0714. The fourth-order valence-electron chi connectivity index (χ4n) is 2.05. The number of nitrogens with zero attached hydrogens (tertiary/aromatic N) is 4. The van der Waals surface area contributed by atoms with Crippen molar-refractivity contribution in [1.29, 1.82) is 0 Å². The second kappa shape index (κ2) is 5.25. The van der Waals surface area contributed by atoms with Gasteiger partial charge in [0.1, 0.15) is 5.82 Å². The van der Waals surface area contributed by atoms with Gasteiger partial charge < -0.3 is 5.73 Å². The molecule has 0 radical (unpaired) electrons. The van der Waals surface area contributed by atoms with Crippen LogP contribution in [-0.2, 0) is 0 Å².